The predicted octanol–water partition coefficient (Wildman–Crippen LogP) is 4.73. The van der Waals surface area contributed by atoms with Crippen molar-refractivity contribution in [1.82, 2.24) is 15.1 Å². The maximum atomic E-state index is 5.96. The zero-order valence-electron chi connectivity index (χ0n) is 15.5. The summed E-state index contributed by atoms with van der Waals surface area (Å²) in [5, 5.41) is 12.6. The van der Waals surface area contributed by atoms with Gasteiger partial charge >= 0.3 is 0 Å². The standard InChI is InChI=1S/C21H23ClN4S/c1-15-20(24-21(27)23-13-12-17-6-4-3-5-7-17)16(2)26(25-15)14-18-8-10-19(22)11-9-18/h3-11H,12-14H2,1-2H3,(H2,23,24,27). The van der Waals surface area contributed by atoms with Gasteiger partial charge in [-0.05, 0) is 55.7 Å². The van der Waals surface area contributed by atoms with Crippen molar-refractivity contribution in [2.24, 2.45) is 0 Å². The van der Waals surface area contributed by atoms with Crippen LogP contribution in [-0.4, -0.2) is 21.4 Å². The highest BCUT2D eigenvalue weighted by Gasteiger charge is 2.13. The fourth-order valence-electron chi connectivity index (χ4n) is 2.92. The van der Waals surface area contributed by atoms with Crippen LogP contribution in [0.25, 0.3) is 0 Å². The number of hydrogen-bond acceptors (Lipinski definition) is 2. The first-order valence-corrected chi connectivity index (χ1v) is 9.69. The van der Waals surface area contributed by atoms with Crippen LogP contribution in [0.1, 0.15) is 22.5 Å². The Kier molecular flexibility index (Phi) is 6.48. The van der Waals surface area contributed by atoms with E-state index in [2.05, 4.69) is 27.9 Å². The Morgan fingerprint density at radius 2 is 1.74 bits per heavy atom. The first kappa shape index (κ1) is 19.4. The van der Waals surface area contributed by atoms with Crippen molar-refractivity contribution in [3.05, 3.63) is 82.1 Å². The Hall–Kier alpha value is -2.37. The second-order valence-electron chi connectivity index (χ2n) is 6.45. The Balaban J connectivity index is 1.58. The molecular formula is C21H23ClN4S. The van der Waals surface area contributed by atoms with Crippen LogP contribution in [0, 0.1) is 13.8 Å². The minimum absolute atomic E-state index is 0.614. The Labute approximate surface area is 170 Å². The van der Waals surface area contributed by atoms with Crippen molar-refractivity contribution in [1.29, 1.82) is 0 Å². The fraction of sp³-hybridized carbons (Fsp3) is 0.238. The molecule has 1 heterocycles. The third-order valence-electron chi connectivity index (χ3n) is 4.41. The number of rotatable bonds is 6. The molecule has 2 N–H and O–H groups in total. The van der Waals surface area contributed by atoms with Crippen molar-refractivity contribution >= 4 is 34.6 Å². The summed E-state index contributed by atoms with van der Waals surface area (Å²) in [5.74, 6) is 0. The van der Waals surface area contributed by atoms with Gasteiger partial charge in [0.2, 0.25) is 0 Å². The molecule has 3 rings (SSSR count). The normalized spacial score (nSPS) is 10.6. The molecule has 0 unspecified atom stereocenters. The molecule has 0 saturated heterocycles. The van der Waals surface area contributed by atoms with Gasteiger partial charge in [-0.1, -0.05) is 54.1 Å². The number of thiocarbonyl (C=S) groups is 1. The molecule has 0 spiro atoms. The highest BCUT2D eigenvalue weighted by Crippen LogP contribution is 2.21. The van der Waals surface area contributed by atoms with E-state index >= 15 is 0 Å². The summed E-state index contributed by atoms with van der Waals surface area (Å²) >= 11 is 11.4. The summed E-state index contributed by atoms with van der Waals surface area (Å²) in [7, 11) is 0. The zero-order valence-corrected chi connectivity index (χ0v) is 17.1. The second-order valence-corrected chi connectivity index (χ2v) is 7.29. The number of nitrogens with zero attached hydrogens (tertiary/aromatic N) is 2. The van der Waals surface area contributed by atoms with Gasteiger partial charge < -0.3 is 10.6 Å². The van der Waals surface area contributed by atoms with Crippen LogP contribution >= 0.6 is 23.8 Å². The van der Waals surface area contributed by atoms with E-state index in [0.29, 0.717) is 11.7 Å². The van der Waals surface area contributed by atoms with Crippen molar-refractivity contribution < 1.29 is 0 Å². The molecular weight excluding hydrogens is 376 g/mol. The monoisotopic (exact) mass is 398 g/mol. The van der Waals surface area contributed by atoms with Gasteiger partial charge in [-0.3, -0.25) is 4.68 Å². The van der Waals surface area contributed by atoms with Crippen molar-refractivity contribution in [3.8, 4) is 0 Å². The van der Waals surface area contributed by atoms with Crippen LogP contribution in [0.3, 0.4) is 0 Å². The zero-order chi connectivity index (χ0) is 19.2. The van der Waals surface area contributed by atoms with Crippen LogP contribution in [0.2, 0.25) is 5.02 Å². The van der Waals surface area contributed by atoms with Gasteiger partial charge in [0.15, 0.2) is 5.11 Å². The molecule has 0 bridgehead atoms. The average Bonchev–Trinajstić information content (AvgIpc) is 2.92. The fourth-order valence-corrected chi connectivity index (χ4v) is 3.25. The number of halogens is 1. The third-order valence-corrected chi connectivity index (χ3v) is 4.91. The number of aromatic nitrogens is 2. The lowest BCUT2D eigenvalue weighted by molar-refractivity contribution is 0.659. The van der Waals surface area contributed by atoms with Gasteiger partial charge in [0.1, 0.15) is 0 Å². The van der Waals surface area contributed by atoms with E-state index in [4.69, 9.17) is 23.8 Å². The Bertz CT molecular complexity index is 904. The first-order valence-electron chi connectivity index (χ1n) is 8.90. The Morgan fingerprint density at radius 1 is 1.04 bits per heavy atom. The molecule has 0 saturated carbocycles. The highest BCUT2D eigenvalue weighted by atomic mass is 35.5. The van der Waals surface area contributed by atoms with Crippen molar-refractivity contribution in [2.75, 3.05) is 11.9 Å². The lowest BCUT2D eigenvalue weighted by atomic mass is 10.1. The predicted molar refractivity (Wildman–Crippen MR) is 117 cm³/mol. The molecule has 27 heavy (non-hydrogen) atoms. The molecule has 0 aliphatic heterocycles. The topological polar surface area (TPSA) is 41.9 Å². The lowest BCUT2D eigenvalue weighted by Gasteiger charge is -2.11. The summed E-state index contributed by atoms with van der Waals surface area (Å²) in [6, 6.07) is 18.2. The maximum absolute atomic E-state index is 5.96. The number of anilines is 1. The molecule has 4 nitrogen and oxygen atoms in total. The largest absolute Gasteiger partial charge is 0.362 e. The third kappa shape index (κ3) is 5.31. The van der Waals surface area contributed by atoms with Crippen LogP contribution in [0.15, 0.2) is 54.6 Å². The van der Waals surface area contributed by atoms with E-state index in [-0.39, 0.29) is 0 Å². The molecule has 0 aliphatic carbocycles. The van der Waals surface area contributed by atoms with Crippen molar-refractivity contribution in [2.45, 2.75) is 26.8 Å². The van der Waals surface area contributed by atoms with E-state index in [1.54, 1.807) is 0 Å². The van der Waals surface area contributed by atoms with E-state index in [0.717, 1.165) is 40.6 Å². The maximum Gasteiger partial charge on any atom is 0.170 e. The second kappa shape index (κ2) is 9.02. The van der Waals surface area contributed by atoms with Gasteiger partial charge in [-0.25, -0.2) is 0 Å². The summed E-state index contributed by atoms with van der Waals surface area (Å²) in [4.78, 5) is 0. The molecule has 2 aromatic carbocycles. The van der Waals surface area contributed by atoms with Crippen molar-refractivity contribution in [3.63, 3.8) is 0 Å². The molecule has 0 atom stereocenters. The number of benzene rings is 2. The summed E-state index contributed by atoms with van der Waals surface area (Å²) in [6.07, 6.45) is 0.927. The molecule has 3 aromatic rings. The van der Waals surface area contributed by atoms with Crippen LogP contribution in [-0.2, 0) is 13.0 Å². The van der Waals surface area contributed by atoms with E-state index in [1.165, 1.54) is 5.56 Å². The Morgan fingerprint density at radius 3 is 2.44 bits per heavy atom. The van der Waals surface area contributed by atoms with Gasteiger partial charge in [0.25, 0.3) is 0 Å². The first-order chi connectivity index (χ1) is 13.0. The van der Waals surface area contributed by atoms with Gasteiger partial charge in [-0.2, -0.15) is 5.10 Å². The summed E-state index contributed by atoms with van der Waals surface area (Å²) in [5.41, 5.74) is 5.38. The number of aryl methyl sites for hydroxylation is 1. The molecule has 0 fully saturated rings. The highest BCUT2D eigenvalue weighted by molar-refractivity contribution is 7.80. The van der Waals surface area contributed by atoms with E-state index < -0.39 is 0 Å². The minimum Gasteiger partial charge on any atom is -0.362 e. The smallest absolute Gasteiger partial charge is 0.170 e. The van der Waals surface area contributed by atoms with Crippen LogP contribution in [0.5, 0.6) is 0 Å². The van der Waals surface area contributed by atoms with Gasteiger partial charge in [-0.15, -0.1) is 0 Å². The molecule has 0 amide bonds. The van der Waals surface area contributed by atoms with Crippen LogP contribution < -0.4 is 10.6 Å². The van der Waals surface area contributed by atoms with Gasteiger partial charge in [0.05, 0.1) is 23.6 Å². The van der Waals surface area contributed by atoms with Gasteiger partial charge in [0, 0.05) is 11.6 Å². The number of nitrogens with one attached hydrogen (secondary N) is 2. The van der Waals surface area contributed by atoms with Crippen LogP contribution in [0.4, 0.5) is 5.69 Å². The SMILES string of the molecule is Cc1nn(Cc2ccc(Cl)cc2)c(C)c1NC(=S)NCCc1ccccc1. The molecule has 140 valence electrons. The summed E-state index contributed by atoms with van der Waals surface area (Å²) in [6.45, 7) is 5.51. The average molecular weight is 399 g/mol. The quantitative estimate of drug-likeness (QED) is 0.589. The molecule has 6 heteroatoms. The summed E-state index contributed by atoms with van der Waals surface area (Å²) < 4.78 is 1.98. The lowest BCUT2D eigenvalue weighted by Crippen LogP contribution is -2.30. The molecule has 0 radical (unpaired) electrons. The molecule has 1 aromatic heterocycles. The van der Waals surface area contributed by atoms with E-state index in [9.17, 15) is 0 Å². The molecule has 0 aliphatic rings. The number of hydrogen-bond donors (Lipinski definition) is 2. The van der Waals surface area contributed by atoms with E-state index in [1.807, 2.05) is 61.0 Å². The minimum atomic E-state index is 0.614.